The minimum absolute atomic E-state index is 0. The molecule has 1 amide bonds. The maximum absolute atomic E-state index is 13.1. The summed E-state index contributed by atoms with van der Waals surface area (Å²) in [5.74, 6) is -0.389. The van der Waals surface area contributed by atoms with E-state index in [0.717, 1.165) is 38.9 Å². The van der Waals surface area contributed by atoms with Crippen LogP contribution in [-0.4, -0.2) is 59.1 Å². The highest BCUT2D eigenvalue weighted by Gasteiger charge is 2.42. The summed E-state index contributed by atoms with van der Waals surface area (Å²) in [6, 6.07) is 13.6. The molecule has 0 atom stereocenters. The fourth-order valence-corrected chi connectivity index (χ4v) is 4.05. The molecule has 3 heterocycles. The van der Waals surface area contributed by atoms with Crippen LogP contribution in [0.5, 0.6) is 0 Å². The lowest BCUT2D eigenvalue weighted by Gasteiger charge is -2.47. The SMILES string of the molecule is Cl.O=C1COC2(CCN(CCc3ccccc3)CC2)CN1Cc1ccc(F)cn1. The molecule has 2 aromatic rings. The Morgan fingerprint density at radius 1 is 1.10 bits per heavy atom. The monoisotopic (exact) mass is 419 g/mol. The minimum Gasteiger partial charge on any atom is -0.363 e. The van der Waals surface area contributed by atoms with Gasteiger partial charge in [0.1, 0.15) is 12.4 Å². The number of carbonyl (C=O) groups is 1. The van der Waals surface area contributed by atoms with Gasteiger partial charge in [-0.2, -0.15) is 0 Å². The van der Waals surface area contributed by atoms with Crippen LogP contribution in [0.4, 0.5) is 4.39 Å². The first-order chi connectivity index (χ1) is 13.6. The van der Waals surface area contributed by atoms with Crippen molar-refractivity contribution in [3.63, 3.8) is 0 Å². The molecule has 156 valence electrons. The van der Waals surface area contributed by atoms with Crippen LogP contribution in [-0.2, 0) is 22.5 Å². The van der Waals surface area contributed by atoms with Gasteiger partial charge >= 0.3 is 0 Å². The number of morpholine rings is 1. The van der Waals surface area contributed by atoms with Crippen molar-refractivity contribution in [3.05, 3.63) is 65.7 Å². The first-order valence-electron chi connectivity index (χ1n) is 9.90. The molecule has 2 aliphatic rings. The van der Waals surface area contributed by atoms with Gasteiger partial charge in [-0.1, -0.05) is 30.3 Å². The van der Waals surface area contributed by atoms with Crippen LogP contribution in [0, 0.1) is 5.82 Å². The van der Waals surface area contributed by atoms with Crippen molar-refractivity contribution in [2.75, 3.05) is 32.8 Å². The van der Waals surface area contributed by atoms with E-state index in [0.29, 0.717) is 18.8 Å². The highest BCUT2D eigenvalue weighted by molar-refractivity contribution is 5.85. The van der Waals surface area contributed by atoms with Crippen molar-refractivity contribution in [2.24, 2.45) is 0 Å². The zero-order chi connectivity index (χ0) is 19.4. The van der Waals surface area contributed by atoms with E-state index in [9.17, 15) is 9.18 Å². The van der Waals surface area contributed by atoms with E-state index < -0.39 is 0 Å². The number of halogens is 2. The van der Waals surface area contributed by atoms with Gasteiger partial charge in [0.05, 0.1) is 30.6 Å². The molecular weight excluding hydrogens is 393 g/mol. The summed E-state index contributed by atoms with van der Waals surface area (Å²) in [7, 11) is 0. The van der Waals surface area contributed by atoms with Crippen LogP contribution in [0.2, 0.25) is 0 Å². The minimum atomic E-state index is -0.364. The third-order valence-electron chi connectivity index (χ3n) is 5.80. The second-order valence-electron chi connectivity index (χ2n) is 7.77. The van der Waals surface area contributed by atoms with E-state index in [1.807, 2.05) is 11.0 Å². The number of ether oxygens (including phenoxy) is 1. The van der Waals surface area contributed by atoms with Gasteiger partial charge in [0.25, 0.3) is 0 Å². The van der Waals surface area contributed by atoms with Crippen LogP contribution in [0.3, 0.4) is 0 Å². The summed E-state index contributed by atoms with van der Waals surface area (Å²) >= 11 is 0. The molecule has 0 bridgehead atoms. The smallest absolute Gasteiger partial charge is 0.249 e. The molecule has 2 aliphatic heterocycles. The Hall–Kier alpha value is -2.02. The van der Waals surface area contributed by atoms with Gasteiger partial charge in [-0.15, -0.1) is 12.4 Å². The van der Waals surface area contributed by atoms with Crippen LogP contribution < -0.4 is 0 Å². The van der Waals surface area contributed by atoms with Gasteiger partial charge < -0.3 is 14.5 Å². The molecule has 0 unspecified atom stereocenters. The molecule has 29 heavy (non-hydrogen) atoms. The molecule has 0 aliphatic carbocycles. The molecule has 0 N–H and O–H groups in total. The number of piperidine rings is 1. The Balaban J connectivity index is 0.00000240. The third-order valence-corrected chi connectivity index (χ3v) is 5.80. The molecule has 7 heteroatoms. The van der Waals surface area contributed by atoms with Crippen molar-refractivity contribution in [2.45, 2.75) is 31.4 Å². The van der Waals surface area contributed by atoms with E-state index in [4.69, 9.17) is 4.74 Å². The number of rotatable bonds is 5. The van der Waals surface area contributed by atoms with Crippen molar-refractivity contribution in [3.8, 4) is 0 Å². The van der Waals surface area contributed by atoms with E-state index in [-0.39, 0.29) is 36.3 Å². The fraction of sp³-hybridized carbons (Fsp3) is 0.455. The van der Waals surface area contributed by atoms with Gasteiger partial charge in [-0.25, -0.2) is 4.39 Å². The fourth-order valence-electron chi connectivity index (χ4n) is 4.05. The number of aromatic nitrogens is 1. The lowest BCUT2D eigenvalue weighted by molar-refractivity contribution is -0.172. The summed E-state index contributed by atoms with van der Waals surface area (Å²) in [5.41, 5.74) is 1.80. The Morgan fingerprint density at radius 2 is 1.86 bits per heavy atom. The highest BCUT2D eigenvalue weighted by Crippen LogP contribution is 2.31. The lowest BCUT2D eigenvalue weighted by Crippen LogP contribution is -2.58. The number of pyridine rings is 1. The average molecular weight is 420 g/mol. The molecule has 4 rings (SSSR count). The molecule has 1 aromatic heterocycles. The third kappa shape index (κ3) is 5.53. The molecule has 1 aromatic carbocycles. The Kier molecular flexibility index (Phi) is 7.22. The van der Waals surface area contributed by atoms with Crippen molar-refractivity contribution in [1.82, 2.24) is 14.8 Å². The van der Waals surface area contributed by atoms with E-state index >= 15 is 0 Å². The van der Waals surface area contributed by atoms with Gasteiger partial charge in [0.2, 0.25) is 5.91 Å². The number of nitrogens with zero attached hydrogens (tertiary/aromatic N) is 3. The van der Waals surface area contributed by atoms with Gasteiger partial charge in [0, 0.05) is 19.6 Å². The number of hydrogen-bond donors (Lipinski definition) is 0. The van der Waals surface area contributed by atoms with Crippen molar-refractivity contribution in [1.29, 1.82) is 0 Å². The zero-order valence-corrected chi connectivity index (χ0v) is 17.2. The van der Waals surface area contributed by atoms with E-state index in [1.165, 1.54) is 17.8 Å². The number of likely N-dealkylation sites (tertiary alicyclic amines) is 1. The summed E-state index contributed by atoms with van der Waals surface area (Å²) in [5, 5.41) is 0. The van der Waals surface area contributed by atoms with Gasteiger partial charge in [-0.3, -0.25) is 9.78 Å². The van der Waals surface area contributed by atoms with E-state index in [1.54, 1.807) is 6.07 Å². The molecule has 0 saturated carbocycles. The number of amides is 1. The van der Waals surface area contributed by atoms with Gasteiger partial charge in [-0.05, 0) is 37.0 Å². The average Bonchev–Trinajstić information content (AvgIpc) is 2.73. The Bertz CT molecular complexity index is 795. The molecular formula is C22H27ClFN3O2. The molecule has 2 saturated heterocycles. The van der Waals surface area contributed by atoms with Crippen LogP contribution >= 0.6 is 12.4 Å². The van der Waals surface area contributed by atoms with Crippen molar-refractivity contribution < 1.29 is 13.9 Å². The Labute approximate surface area is 177 Å². The maximum atomic E-state index is 13.1. The summed E-state index contributed by atoms with van der Waals surface area (Å²) in [6.07, 6.45) is 4.08. The zero-order valence-electron chi connectivity index (χ0n) is 16.4. The lowest BCUT2D eigenvalue weighted by atomic mass is 9.89. The number of benzene rings is 1. The standard InChI is InChI=1S/C22H26FN3O2.ClH/c23-19-6-7-20(24-14-19)15-26-17-22(28-16-21(26)27)9-12-25(13-10-22)11-8-18-4-2-1-3-5-18;/h1-7,14H,8-13,15-17H2;1H. The molecule has 1 spiro atoms. The molecule has 2 fully saturated rings. The highest BCUT2D eigenvalue weighted by atomic mass is 35.5. The predicted molar refractivity (Wildman–Crippen MR) is 111 cm³/mol. The second-order valence-corrected chi connectivity index (χ2v) is 7.77. The van der Waals surface area contributed by atoms with Crippen LogP contribution in [0.15, 0.2) is 48.7 Å². The Morgan fingerprint density at radius 3 is 2.55 bits per heavy atom. The molecule has 5 nitrogen and oxygen atoms in total. The summed E-state index contributed by atoms with van der Waals surface area (Å²) in [4.78, 5) is 20.7. The first-order valence-corrected chi connectivity index (χ1v) is 9.90. The van der Waals surface area contributed by atoms with Gasteiger partial charge in [0.15, 0.2) is 0 Å². The van der Waals surface area contributed by atoms with Crippen molar-refractivity contribution >= 4 is 18.3 Å². The largest absolute Gasteiger partial charge is 0.363 e. The number of carbonyl (C=O) groups excluding carboxylic acids is 1. The topological polar surface area (TPSA) is 45.7 Å². The van der Waals surface area contributed by atoms with Crippen LogP contribution in [0.25, 0.3) is 0 Å². The van der Waals surface area contributed by atoms with E-state index in [2.05, 4.69) is 34.1 Å². The maximum Gasteiger partial charge on any atom is 0.249 e. The quantitative estimate of drug-likeness (QED) is 0.747. The summed E-state index contributed by atoms with van der Waals surface area (Å²) < 4.78 is 19.1. The number of hydrogen-bond acceptors (Lipinski definition) is 4. The second kappa shape index (κ2) is 9.65. The predicted octanol–water partition coefficient (Wildman–Crippen LogP) is 3.08. The van der Waals surface area contributed by atoms with Crippen LogP contribution in [0.1, 0.15) is 24.1 Å². The molecule has 0 radical (unpaired) electrons. The summed E-state index contributed by atoms with van der Waals surface area (Å²) in [6.45, 7) is 4.10. The first kappa shape index (κ1) is 21.7. The normalized spacial score (nSPS) is 19.2.